The average Bonchev–Trinajstić information content (AvgIpc) is 2.65. The van der Waals surface area contributed by atoms with E-state index in [1.807, 2.05) is 0 Å². The molecular weight excluding hydrogens is 234 g/mol. The van der Waals surface area contributed by atoms with Crippen LogP contribution in [0, 0.1) is 5.92 Å². The Hall–Kier alpha value is -0.120. The second-order valence-corrected chi connectivity index (χ2v) is 6.83. The van der Waals surface area contributed by atoms with Crippen molar-refractivity contribution in [1.82, 2.24) is 9.80 Å². The Kier molecular flexibility index (Phi) is 5.67. The molecule has 2 N–H and O–H groups in total. The highest BCUT2D eigenvalue weighted by atomic mass is 15.2. The molecule has 2 fully saturated rings. The van der Waals surface area contributed by atoms with E-state index in [2.05, 4.69) is 30.6 Å². The van der Waals surface area contributed by atoms with Crippen molar-refractivity contribution >= 4 is 0 Å². The quantitative estimate of drug-likeness (QED) is 0.852. The molecule has 0 aromatic rings. The van der Waals surface area contributed by atoms with Crippen molar-refractivity contribution < 1.29 is 0 Å². The maximum atomic E-state index is 6.24. The first kappa shape index (κ1) is 15.3. The summed E-state index contributed by atoms with van der Waals surface area (Å²) in [6.07, 6.45) is 6.53. The highest BCUT2D eigenvalue weighted by Crippen LogP contribution is 2.25. The van der Waals surface area contributed by atoms with Gasteiger partial charge in [-0.15, -0.1) is 0 Å². The Morgan fingerprint density at radius 3 is 2.58 bits per heavy atom. The van der Waals surface area contributed by atoms with Crippen LogP contribution in [0.2, 0.25) is 0 Å². The number of hydrogen-bond acceptors (Lipinski definition) is 3. The van der Waals surface area contributed by atoms with Crippen molar-refractivity contribution in [3.63, 3.8) is 0 Å². The number of likely N-dealkylation sites (tertiary alicyclic amines) is 2. The van der Waals surface area contributed by atoms with Crippen LogP contribution < -0.4 is 5.73 Å². The summed E-state index contributed by atoms with van der Waals surface area (Å²) in [5.41, 5.74) is 6.24. The number of nitrogens with zero attached hydrogens (tertiary/aromatic N) is 2. The lowest BCUT2D eigenvalue weighted by Crippen LogP contribution is -2.50. The second-order valence-electron chi connectivity index (χ2n) is 6.83. The first-order valence-corrected chi connectivity index (χ1v) is 8.35. The predicted molar refractivity (Wildman–Crippen MR) is 82.3 cm³/mol. The molecule has 0 aromatic carbocycles. The molecule has 0 saturated carbocycles. The molecule has 19 heavy (non-hydrogen) atoms. The Balaban J connectivity index is 1.88. The zero-order chi connectivity index (χ0) is 13.8. The second kappa shape index (κ2) is 7.05. The minimum Gasteiger partial charge on any atom is -0.327 e. The average molecular weight is 267 g/mol. The maximum Gasteiger partial charge on any atom is 0.0108 e. The van der Waals surface area contributed by atoms with Crippen molar-refractivity contribution in [2.75, 3.05) is 26.2 Å². The summed E-state index contributed by atoms with van der Waals surface area (Å²) in [5.74, 6) is 0.721. The summed E-state index contributed by atoms with van der Waals surface area (Å²) in [6, 6.07) is 1.96. The van der Waals surface area contributed by atoms with Gasteiger partial charge in [-0.1, -0.05) is 13.3 Å². The molecule has 3 nitrogen and oxygen atoms in total. The van der Waals surface area contributed by atoms with Crippen LogP contribution in [0.5, 0.6) is 0 Å². The smallest absolute Gasteiger partial charge is 0.0108 e. The van der Waals surface area contributed by atoms with E-state index in [1.54, 1.807) is 0 Å². The molecule has 3 heteroatoms. The zero-order valence-electron chi connectivity index (χ0n) is 13.1. The molecule has 0 aliphatic carbocycles. The molecule has 0 spiro atoms. The minimum atomic E-state index is 0.444. The van der Waals surface area contributed by atoms with Crippen LogP contribution in [-0.4, -0.2) is 54.1 Å². The standard InChI is InChI=1S/C16H33N3/c1-4-14-12-19(11-8-16(14)17)15-6-5-9-18(10-7-15)13(2)3/h13-16H,4-12,17H2,1-3H3. The normalized spacial score (nSPS) is 35.5. The highest BCUT2D eigenvalue weighted by molar-refractivity contribution is 4.87. The van der Waals surface area contributed by atoms with Gasteiger partial charge in [-0.05, 0) is 65.1 Å². The molecule has 0 aromatic heterocycles. The van der Waals surface area contributed by atoms with Crippen molar-refractivity contribution in [3.8, 4) is 0 Å². The third-order valence-corrected chi connectivity index (χ3v) is 5.33. The largest absolute Gasteiger partial charge is 0.327 e. The van der Waals surface area contributed by atoms with Gasteiger partial charge in [-0.2, -0.15) is 0 Å². The fourth-order valence-corrected chi connectivity index (χ4v) is 3.82. The number of nitrogens with two attached hydrogens (primary N) is 1. The molecule has 2 rings (SSSR count). The molecule has 2 saturated heterocycles. The van der Waals surface area contributed by atoms with E-state index >= 15 is 0 Å². The van der Waals surface area contributed by atoms with E-state index in [4.69, 9.17) is 5.73 Å². The van der Waals surface area contributed by atoms with Crippen LogP contribution in [0.1, 0.15) is 52.9 Å². The van der Waals surface area contributed by atoms with E-state index in [0.29, 0.717) is 12.1 Å². The van der Waals surface area contributed by atoms with Gasteiger partial charge in [0.15, 0.2) is 0 Å². The van der Waals surface area contributed by atoms with E-state index < -0.39 is 0 Å². The third-order valence-electron chi connectivity index (χ3n) is 5.33. The summed E-state index contributed by atoms with van der Waals surface area (Å²) in [6.45, 7) is 12.0. The molecule has 3 atom stereocenters. The molecular formula is C16H33N3. The maximum absolute atomic E-state index is 6.24. The fourth-order valence-electron chi connectivity index (χ4n) is 3.82. The lowest BCUT2D eigenvalue weighted by Gasteiger charge is -2.41. The zero-order valence-corrected chi connectivity index (χ0v) is 13.1. The summed E-state index contributed by atoms with van der Waals surface area (Å²) in [7, 11) is 0. The van der Waals surface area contributed by atoms with Crippen LogP contribution in [0.3, 0.4) is 0 Å². The first-order valence-electron chi connectivity index (χ1n) is 8.35. The van der Waals surface area contributed by atoms with Crippen LogP contribution in [0.25, 0.3) is 0 Å². The lowest BCUT2D eigenvalue weighted by molar-refractivity contribution is 0.0966. The minimum absolute atomic E-state index is 0.444. The number of hydrogen-bond donors (Lipinski definition) is 1. The molecule has 2 aliphatic heterocycles. The number of rotatable bonds is 3. The van der Waals surface area contributed by atoms with Crippen LogP contribution in [-0.2, 0) is 0 Å². The van der Waals surface area contributed by atoms with Crippen molar-refractivity contribution in [2.45, 2.75) is 71.0 Å². The van der Waals surface area contributed by atoms with E-state index in [-0.39, 0.29) is 0 Å². The molecule has 2 aliphatic rings. The van der Waals surface area contributed by atoms with Gasteiger partial charge in [0, 0.05) is 24.7 Å². The van der Waals surface area contributed by atoms with E-state index in [1.165, 1.54) is 58.3 Å². The SMILES string of the molecule is CCC1CN(C2CCCN(C(C)C)CC2)CCC1N. The van der Waals surface area contributed by atoms with Gasteiger partial charge in [0.05, 0.1) is 0 Å². The van der Waals surface area contributed by atoms with Gasteiger partial charge in [0.1, 0.15) is 0 Å². The predicted octanol–water partition coefficient (Wildman–Crippen LogP) is 2.31. The summed E-state index contributed by atoms with van der Waals surface area (Å²) >= 11 is 0. The Morgan fingerprint density at radius 1 is 1.11 bits per heavy atom. The van der Waals surface area contributed by atoms with Crippen molar-refractivity contribution in [1.29, 1.82) is 0 Å². The van der Waals surface area contributed by atoms with Crippen LogP contribution >= 0.6 is 0 Å². The Morgan fingerprint density at radius 2 is 1.89 bits per heavy atom. The molecule has 112 valence electrons. The third kappa shape index (κ3) is 3.93. The fraction of sp³-hybridized carbons (Fsp3) is 1.00. The van der Waals surface area contributed by atoms with Crippen LogP contribution in [0.4, 0.5) is 0 Å². The van der Waals surface area contributed by atoms with Gasteiger partial charge in [0.2, 0.25) is 0 Å². The Labute approximate surface area is 119 Å². The number of piperidine rings is 1. The van der Waals surface area contributed by atoms with Crippen LogP contribution in [0.15, 0.2) is 0 Å². The van der Waals surface area contributed by atoms with Gasteiger partial charge >= 0.3 is 0 Å². The van der Waals surface area contributed by atoms with Gasteiger partial charge < -0.3 is 10.6 Å². The van der Waals surface area contributed by atoms with E-state index in [0.717, 1.165) is 12.0 Å². The lowest BCUT2D eigenvalue weighted by atomic mass is 9.89. The summed E-state index contributed by atoms with van der Waals surface area (Å²) < 4.78 is 0. The van der Waals surface area contributed by atoms with E-state index in [9.17, 15) is 0 Å². The highest BCUT2D eigenvalue weighted by Gasteiger charge is 2.30. The summed E-state index contributed by atoms with van der Waals surface area (Å²) in [4.78, 5) is 5.40. The van der Waals surface area contributed by atoms with Crippen molar-refractivity contribution in [3.05, 3.63) is 0 Å². The van der Waals surface area contributed by atoms with Gasteiger partial charge in [-0.3, -0.25) is 4.90 Å². The molecule has 0 amide bonds. The molecule has 3 unspecified atom stereocenters. The Bertz CT molecular complexity index is 267. The summed E-state index contributed by atoms with van der Waals surface area (Å²) in [5, 5.41) is 0. The molecule has 2 heterocycles. The molecule has 0 bridgehead atoms. The monoisotopic (exact) mass is 267 g/mol. The first-order chi connectivity index (χ1) is 9.11. The van der Waals surface area contributed by atoms with Gasteiger partial charge in [-0.25, -0.2) is 0 Å². The molecule has 0 radical (unpaired) electrons. The van der Waals surface area contributed by atoms with Gasteiger partial charge in [0.25, 0.3) is 0 Å². The van der Waals surface area contributed by atoms with Crippen molar-refractivity contribution in [2.24, 2.45) is 11.7 Å². The topological polar surface area (TPSA) is 32.5 Å².